The molecule has 0 fully saturated rings. The molecule has 0 unspecified atom stereocenters. The molecular formula is C25H20F3N3O2. The highest BCUT2D eigenvalue weighted by Crippen LogP contribution is 2.31. The monoisotopic (exact) mass is 451 g/mol. The Bertz CT molecular complexity index is 1290. The number of hydrogen-bond acceptors (Lipinski definition) is 4. The molecule has 0 spiro atoms. The van der Waals surface area contributed by atoms with E-state index in [2.05, 4.69) is 15.3 Å². The molecule has 2 aromatic heterocycles. The number of nitrogens with zero attached hydrogens (tertiary/aromatic N) is 2. The highest BCUT2D eigenvalue weighted by Gasteiger charge is 2.32. The fourth-order valence-electron chi connectivity index (χ4n) is 3.46. The Labute approximate surface area is 188 Å². The standard InChI is InChI=1S/C25H20F3N3O2/c1-33-18-8-6-16(7-9-18)10-12-30-24(32)20-15-22(31-21-5-3-2-4-19(20)21)17-11-13-29-23(14-17)25(26,27)28/h2-9,11,13-15H,10,12H2,1H3,(H,30,32). The topological polar surface area (TPSA) is 64.1 Å². The van der Waals surface area contributed by atoms with Crippen molar-refractivity contribution in [2.75, 3.05) is 13.7 Å². The van der Waals surface area contributed by atoms with Crippen LogP contribution < -0.4 is 10.1 Å². The third kappa shape index (κ3) is 5.11. The summed E-state index contributed by atoms with van der Waals surface area (Å²) in [5.74, 6) is 0.428. The lowest BCUT2D eigenvalue weighted by Gasteiger charge is -2.12. The van der Waals surface area contributed by atoms with Crippen LogP contribution in [-0.2, 0) is 12.6 Å². The first-order chi connectivity index (χ1) is 15.8. The van der Waals surface area contributed by atoms with Crippen LogP contribution in [0.2, 0.25) is 0 Å². The fourth-order valence-corrected chi connectivity index (χ4v) is 3.46. The number of nitrogens with one attached hydrogen (secondary N) is 1. The van der Waals surface area contributed by atoms with Crippen LogP contribution >= 0.6 is 0 Å². The highest BCUT2D eigenvalue weighted by molar-refractivity contribution is 6.07. The number of aromatic nitrogens is 2. The van der Waals surface area contributed by atoms with Gasteiger partial charge < -0.3 is 10.1 Å². The molecule has 2 heterocycles. The summed E-state index contributed by atoms with van der Waals surface area (Å²) in [6.45, 7) is 0.393. The Hall–Kier alpha value is -3.94. The Morgan fingerprint density at radius 1 is 1.03 bits per heavy atom. The van der Waals surface area contributed by atoms with Crippen molar-refractivity contribution in [2.45, 2.75) is 12.6 Å². The molecule has 4 rings (SSSR count). The largest absolute Gasteiger partial charge is 0.497 e. The summed E-state index contributed by atoms with van der Waals surface area (Å²) < 4.78 is 44.5. The van der Waals surface area contributed by atoms with Gasteiger partial charge in [-0.1, -0.05) is 30.3 Å². The number of halogens is 3. The average Bonchev–Trinajstić information content (AvgIpc) is 2.83. The van der Waals surface area contributed by atoms with Gasteiger partial charge in [-0.25, -0.2) is 4.98 Å². The minimum Gasteiger partial charge on any atom is -0.497 e. The van der Waals surface area contributed by atoms with Gasteiger partial charge in [-0.05, 0) is 48.4 Å². The molecule has 33 heavy (non-hydrogen) atoms. The number of benzene rings is 2. The number of rotatable bonds is 6. The Kier molecular flexibility index (Phi) is 6.26. The van der Waals surface area contributed by atoms with Crippen LogP contribution in [0.25, 0.3) is 22.2 Å². The Morgan fingerprint density at radius 2 is 1.79 bits per heavy atom. The van der Waals surface area contributed by atoms with E-state index in [0.717, 1.165) is 23.6 Å². The van der Waals surface area contributed by atoms with Crippen LogP contribution in [0.15, 0.2) is 72.9 Å². The van der Waals surface area contributed by atoms with E-state index >= 15 is 0 Å². The molecule has 2 aromatic carbocycles. The van der Waals surface area contributed by atoms with Gasteiger partial charge in [-0.15, -0.1) is 0 Å². The molecule has 8 heteroatoms. The second kappa shape index (κ2) is 9.28. The second-order valence-corrected chi connectivity index (χ2v) is 7.35. The van der Waals surface area contributed by atoms with Gasteiger partial charge in [-0.2, -0.15) is 13.2 Å². The van der Waals surface area contributed by atoms with E-state index in [4.69, 9.17) is 4.74 Å². The summed E-state index contributed by atoms with van der Waals surface area (Å²) in [5.41, 5.74) is 1.38. The summed E-state index contributed by atoms with van der Waals surface area (Å²) in [4.78, 5) is 20.9. The average molecular weight is 451 g/mol. The molecule has 5 nitrogen and oxygen atoms in total. The Morgan fingerprint density at radius 3 is 2.52 bits per heavy atom. The summed E-state index contributed by atoms with van der Waals surface area (Å²) in [5, 5.41) is 3.51. The number of fused-ring (bicyclic) bond motifs is 1. The predicted octanol–water partition coefficient (Wildman–Crippen LogP) is 5.30. The number of ether oxygens (including phenoxy) is 1. The van der Waals surface area contributed by atoms with Crippen LogP contribution in [0.5, 0.6) is 5.75 Å². The van der Waals surface area contributed by atoms with Crippen molar-refractivity contribution in [2.24, 2.45) is 0 Å². The van der Waals surface area contributed by atoms with Gasteiger partial charge in [0.2, 0.25) is 0 Å². The van der Waals surface area contributed by atoms with Crippen LogP contribution in [0.4, 0.5) is 13.2 Å². The first-order valence-electron chi connectivity index (χ1n) is 10.2. The summed E-state index contributed by atoms with van der Waals surface area (Å²) in [7, 11) is 1.60. The first kappa shape index (κ1) is 22.3. The quantitative estimate of drug-likeness (QED) is 0.432. The van der Waals surface area contributed by atoms with E-state index in [1.807, 2.05) is 24.3 Å². The molecule has 0 saturated heterocycles. The number of hydrogen-bond donors (Lipinski definition) is 1. The summed E-state index contributed by atoms with van der Waals surface area (Å²) in [6.07, 6.45) is -2.87. The number of carbonyl (C=O) groups is 1. The minimum absolute atomic E-state index is 0.232. The molecule has 168 valence electrons. The van der Waals surface area contributed by atoms with E-state index in [-0.39, 0.29) is 17.2 Å². The van der Waals surface area contributed by atoms with Crippen LogP contribution in [-0.4, -0.2) is 29.5 Å². The van der Waals surface area contributed by atoms with Crippen LogP contribution in [0.3, 0.4) is 0 Å². The number of pyridine rings is 2. The molecule has 1 amide bonds. The molecule has 0 aliphatic rings. The van der Waals surface area contributed by atoms with Crippen molar-refractivity contribution in [1.82, 2.24) is 15.3 Å². The van der Waals surface area contributed by atoms with Crippen molar-refractivity contribution >= 4 is 16.8 Å². The van der Waals surface area contributed by atoms with E-state index < -0.39 is 11.9 Å². The Balaban J connectivity index is 1.60. The van der Waals surface area contributed by atoms with Gasteiger partial charge in [0, 0.05) is 23.7 Å². The maximum atomic E-state index is 13.1. The lowest BCUT2D eigenvalue weighted by Crippen LogP contribution is -2.26. The number of para-hydroxylation sites is 1. The second-order valence-electron chi connectivity index (χ2n) is 7.35. The van der Waals surface area contributed by atoms with Gasteiger partial charge in [0.1, 0.15) is 11.4 Å². The van der Waals surface area contributed by atoms with Crippen molar-refractivity contribution in [1.29, 1.82) is 0 Å². The SMILES string of the molecule is COc1ccc(CCNC(=O)c2cc(-c3ccnc(C(F)(F)F)c3)nc3ccccc23)cc1. The zero-order valence-electron chi connectivity index (χ0n) is 17.7. The minimum atomic E-state index is -4.57. The van der Waals surface area contributed by atoms with E-state index in [1.165, 1.54) is 12.1 Å². The normalized spacial score (nSPS) is 11.4. The molecule has 0 aliphatic heterocycles. The van der Waals surface area contributed by atoms with Gasteiger partial charge in [0.05, 0.1) is 23.9 Å². The molecule has 0 atom stereocenters. The van der Waals surface area contributed by atoms with Gasteiger partial charge in [-0.3, -0.25) is 9.78 Å². The maximum absolute atomic E-state index is 13.1. The number of methoxy groups -OCH3 is 1. The van der Waals surface area contributed by atoms with Crippen molar-refractivity contribution < 1.29 is 22.7 Å². The van der Waals surface area contributed by atoms with E-state index in [1.54, 1.807) is 31.4 Å². The molecule has 4 aromatic rings. The molecular weight excluding hydrogens is 431 g/mol. The smallest absolute Gasteiger partial charge is 0.433 e. The van der Waals surface area contributed by atoms with Crippen LogP contribution in [0.1, 0.15) is 21.6 Å². The van der Waals surface area contributed by atoms with Gasteiger partial charge >= 0.3 is 6.18 Å². The summed E-state index contributed by atoms with van der Waals surface area (Å²) >= 11 is 0. The van der Waals surface area contributed by atoms with Crippen molar-refractivity contribution in [3.05, 3.63) is 89.7 Å². The van der Waals surface area contributed by atoms with Gasteiger partial charge in [0.15, 0.2) is 0 Å². The number of amides is 1. The number of alkyl halides is 3. The predicted molar refractivity (Wildman–Crippen MR) is 119 cm³/mol. The first-order valence-corrected chi connectivity index (χ1v) is 10.2. The third-order valence-corrected chi connectivity index (χ3v) is 5.17. The molecule has 0 saturated carbocycles. The lowest BCUT2D eigenvalue weighted by molar-refractivity contribution is -0.141. The van der Waals surface area contributed by atoms with Crippen LogP contribution in [0, 0.1) is 0 Å². The summed E-state index contributed by atoms with van der Waals surface area (Å²) in [6, 6.07) is 18.5. The fraction of sp³-hybridized carbons (Fsp3) is 0.160. The van der Waals surface area contributed by atoms with Crippen molar-refractivity contribution in [3.8, 4) is 17.0 Å². The maximum Gasteiger partial charge on any atom is 0.433 e. The zero-order valence-corrected chi connectivity index (χ0v) is 17.7. The van der Waals surface area contributed by atoms with E-state index in [9.17, 15) is 18.0 Å². The molecule has 0 radical (unpaired) electrons. The zero-order chi connectivity index (χ0) is 23.4. The molecule has 1 N–H and O–H groups in total. The van der Waals surface area contributed by atoms with Crippen molar-refractivity contribution in [3.63, 3.8) is 0 Å². The number of carbonyl (C=O) groups excluding carboxylic acids is 1. The van der Waals surface area contributed by atoms with Gasteiger partial charge in [0.25, 0.3) is 5.91 Å². The molecule has 0 aliphatic carbocycles. The molecule has 0 bridgehead atoms. The lowest BCUT2D eigenvalue weighted by atomic mass is 10.0. The third-order valence-electron chi connectivity index (χ3n) is 5.17. The highest BCUT2D eigenvalue weighted by atomic mass is 19.4. The van der Waals surface area contributed by atoms with E-state index in [0.29, 0.717) is 29.4 Å².